The van der Waals surface area contributed by atoms with Crippen molar-refractivity contribution < 1.29 is 17.9 Å². The Bertz CT molecular complexity index is 876. The molecule has 0 aliphatic rings. The van der Waals surface area contributed by atoms with Crippen LogP contribution in [-0.2, 0) is 14.8 Å². The smallest absolute Gasteiger partial charge is 0.243 e. The van der Waals surface area contributed by atoms with Gasteiger partial charge in [0.05, 0.1) is 18.0 Å². The van der Waals surface area contributed by atoms with Crippen molar-refractivity contribution >= 4 is 21.6 Å². The zero-order valence-electron chi connectivity index (χ0n) is 16.8. The van der Waals surface area contributed by atoms with Crippen LogP contribution in [0.5, 0.6) is 5.75 Å². The van der Waals surface area contributed by atoms with Gasteiger partial charge in [0.15, 0.2) is 0 Å². The number of carbonyl (C=O) groups is 1. The molecule has 0 atom stereocenters. The van der Waals surface area contributed by atoms with E-state index in [1.165, 1.54) is 17.7 Å². The predicted octanol–water partition coefficient (Wildman–Crippen LogP) is 3.86. The summed E-state index contributed by atoms with van der Waals surface area (Å²) in [7, 11) is -3.77. The van der Waals surface area contributed by atoms with E-state index >= 15 is 0 Å². The molecule has 0 heterocycles. The summed E-state index contributed by atoms with van der Waals surface area (Å²) in [5.41, 5.74) is 1.81. The first kappa shape index (κ1) is 21.9. The molecule has 2 rings (SSSR count). The molecule has 2 aromatic carbocycles. The molecule has 0 spiro atoms. The standard InChI is InChI=1S/C21H28N2O4S/c1-5-23(28(25,26)20-13-11-19(12-14-20)27-6-2)15-21(24)22-18-9-7-17(8-10-18)16(3)4/h7-14,16H,5-6,15H2,1-4H3,(H,22,24). The molecule has 152 valence electrons. The van der Waals surface area contributed by atoms with Gasteiger partial charge in [0.25, 0.3) is 0 Å². The number of carbonyl (C=O) groups excluding carboxylic acids is 1. The molecule has 0 radical (unpaired) electrons. The molecule has 28 heavy (non-hydrogen) atoms. The predicted molar refractivity (Wildman–Crippen MR) is 111 cm³/mol. The number of hydrogen-bond donors (Lipinski definition) is 1. The molecule has 7 heteroatoms. The first-order valence-corrected chi connectivity index (χ1v) is 10.8. The molecule has 0 saturated heterocycles. The minimum Gasteiger partial charge on any atom is -0.494 e. The third kappa shape index (κ3) is 5.56. The minimum atomic E-state index is -3.77. The van der Waals surface area contributed by atoms with E-state index < -0.39 is 10.0 Å². The van der Waals surface area contributed by atoms with Gasteiger partial charge in [0.2, 0.25) is 15.9 Å². The maximum Gasteiger partial charge on any atom is 0.243 e. The first-order chi connectivity index (χ1) is 13.3. The van der Waals surface area contributed by atoms with Crippen molar-refractivity contribution in [2.75, 3.05) is 25.0 Å². The Labute approximate surface area is 167 Å². The normalized spacial score (nSPS) is 11.6. The fourth-order valence-corrected chi connectivity index (χ4v) is 4.11. The van der Waals surface area contributed by atoms with E-state index in [1.54, 1.807) is 19.1 Å². The van der Waals surface area contributed by atoms with Gasteiger partial charge in [-0.3, -0.25) is 4.79 Å². The zero-order valence-corrected chi connectivity index (χ0v) is 17.6. The second kappa shape index (κ2) is 9.71. The van der Waals surface area contributed by atoms with E-state index in [1.807, 2.05) is 31.2 Å². The maximum absolute atomic E-state index is 12.8. The van der Waals surface area contributed by atoms with Crippen LogP contribution in [-0.4, -0.2) is 38.3 Å². The Morgan fingerprint density at radius 2 is 1.64 bits per heavy atom. The quantitative estimate of drug-likeness (QED) is 0.689. The number of ether oxygens (including phenoxy) is 1. The molecule has 0 saturated carbocycles. The van der Waals surface area contributed by atoms with Gasteiger partial charge in [-0.2, -0.15) is 4.31 Å². The third-order valence-electron chi connectivity index (χ3n) is 4.31. The Balaban J connectivity index is 2.07. The Hall–Kier alpha value is -2.38. The Morgan fingerprint density at radius 3 is 2.14 bits per heavy atom. The molecular weight excluding hydrogens is 376 g/mol. The molecule has 0 aromatic heterocycles. The Kier molecular flexibility index (Phi) is 7.60. The number of hydrogen-bond acceptors (Lipinski definition) is 4. The van der Waals surface area contributed by atoms with E-state index in [0.717, 1.165) is 4.31 Å². The maximum atomic E-state index is 12.8. The summed E-state index contributed by atoms with van der Waals surface area (Å²) in [5, 5.41) is 2.76. The minimum absolute atomic E-state index is 0.131. The largest absolute Gasteiger partial charge is 0.494 e. The highest BCUT2D eigenvalue weighted by molar-refractivity contribution is 7.89. The van der Waals surface area contributed by atoms with E-state index in [4.69, 9.17) is 4.74 Å². The number of anilines is 1. The van der Waals surface area contributed by atoms with Gasteiger partial charge < -0.3 is 10.1 Å². The summed E-state index contributed by atoms with van der Waals surface area (Å²) in [6, 6.07) is 13.8. The summed E-state index contributed by atoms with van der Waals surface area (Å²) in [6.07, 6.45) is 0. The average Bonchev–Trinajstić information content (AvgIpc) is 2.67. The number of nitrogens with zero attached hydrogens (tertiary/aromatic N) is 1. The van der Waals surface area contributed by atoms with Crippen LogP contribution < -0.4 is 10.1 Å². The van der Waals surface area contributed by atoms with Gasteiger partial charge in [-0.15, -0.1) is 0 Å². The molecule has 1 N–H and O–H groups in total. The van der Waals surface area contributed by atoms with Crippen molar-refractivity contribution in [3.63, 3.8) is 0 Å². The van der Waals surface area contributed by atoms with Gasteiger partial charge in [-0.1, -0.05) is 32.9 Å². The van der Waals surface area contributed by atoms with Gasteiger partial charge in [0, 0.05) is 12.2 Å². The summed E-state index contributed by atoms with van der Waals surface area (Å²) >= 11 is 0. The lowest BCUT2D eigenvalue weighted by atomic mass is 10.0. The molecule has 6 nitrogen and oxygen atoms in total. The highest BCUT2D eigenvalue weighted by Crippen LogP contribution is 2.20. The number of benzene rings is 2. The van der Waals surface area contributed by atoms with Crippen LogP contribution in [0.25, 0.3) is 0 Å². The number of nitrogens with one attached hydrogen (secondary N) is 1. The molecular formula is C21H28N2O4S. The van der Waals surface area contributed by atoms with E-state index in [9.17, 15) is 13.2 Å². The Morgan fingerprint density at radius 1 is 1.04 bits per heavy atom. The highest BCUT2D eigenvalue weighted by Gasteiger charge is 2.25. The monoisotopic (exact) mass is 404 g/mol. The molecule has 1 amide bonds. The molecule has 0 bridgehead atoms. The van der Waals surface area contributed by atoms with Gasteiger partial charge in [-0.25, -0.2) is 8.42 Å². The number of likely N-dealkylation sites (N-methyl/N-ethyl adjacent to an activating group) is 1. The summed E-state index contributed by atoms with van der Waals surface area (Å²) in [6.45, 7) is 8.20. The fraction of sp³-hybridized carbons (Fsp3) is 0.381. The van der Waals surface area contributed by atoms with E-state index in [2.05, 4.69) is 19.2 Å². The lowest BCUT2D eigenvalue weighted by Gasteiger charge is -2.20. The molecule has 0 fully saturated rings. The SMILES string of the molecule is CCOc1ccc(S(=O)(=O)N(CC)CC(=O)Nc2ccc(C(C)C)cc2)cc1. The van der Waals surface area contributed by atoms with Crippen molar-refractivity contribution in [1.82, 2.24) is 4.31 Å². The fourth-order valence-electron chi connectivity index (χ4n) is 2.70. The topological polar surface area (TPSA) is 75.7 Å². The lowest BCUT2D eigenvalue weighted by Crippen LogP contribution is -2.37. The first-order valence-electron chi connectivity index (χ1n) is 9.40. The number of amides is 1. The average molecular weight is 405 g/mol. The van der Waals surface area contributed by atoms with Crippen molar-refractivity contribution in [3.05, 3.63) is 54.1 Å². The third-order valence-corrected chi connectivity index (χ3v) is 6.24. The van der Waals surface area contributed by atoms with Crippen molar-refractivity contribution in [1.29, 1.82) is 0 Å². The number of rotatable bonds is 9. The van der Waals surface area contributed by atoms with Crippen LogP contribution in [0.1, 0.15) is 39.2 Å². The van der Waals surface area contributed by atoms with Crippen LogP contribution in [0.15, 0.2) is 53.4 Å². The molecule has 0 unspecified atom stereocenters. The van der Waals surface area contributed by atoms with Crippen LogP contribution in [0, 0.1) is 0 Å². The molecule has 0 aliphatic heterocycles. The van der Waals surface area contributed by atoms with Gasteiger partial charge >= 0.3 is 0 Å². The van der Waals surface area contributed by atoms with Crippen LogP contribution >= 0.6 is 0 Å². The van der Waals surface area contributed by atoms with Gasteiger partial charge in [-0.05, 0) is 54.8 Å². The van der Waals surface area contributed by atoms with Crippen molar-refractivity contribution in [3.8, 4) is 5.75 Å². The van der Waals surface area contributed by atoms with Crippen molar-refractivity contribution in [2.24, 2.45) is 0 Å². The van der Waals surface area contributed by atoms with Gasteiger partial charge in [0.1, 0.15) is 5.75 Å². The second-order valence-electron chi connectivity index (χ2n) is 6.66. The number of sulfonamides is 1. The molecule has 2 aromatic rings. The van der Waals surface area contributed by atoms with E-state index in [0.29, 0.717) is 24.0 Å². The summed E-state index contributed by atoms with van der Waals surface area (Å²) in [4.78, 5) is 12.5. The highest BCUT2D eigenvalue weighted by atomic mass is 32.2. The van der Waals surface area contributed by atoms with Crippen LogP contribution in [0.2, 0.25) is 0 Å². The van der Waals surface area contributed by atoms with Crippen molar-refractivity contribution in [2.45, 2.75) is 38.5 Å². The summed E-state index contributed by atoms with van der Waals surface area (Å²) in [5.74, 6) is 0.625. The summed E-state index contributed by atoms with van der Waals surface area (Å²) < 4.78 is 32.2. The van der Waals surface area contributed by atoms with Crippen LogP contribution in [0.4, 0.5) is 5.69 Å². The zero-order chi connectivity index (χ0) is 20.7. The molecule has 0 aliphatic carbocycles. The van der Waals surface area contributed by atoms with Crippen LogP contribution in [0.3, 0.4) is 0 Å². The second-order valence-corrected chi connectivity index (χ2v) is 8.60. The lowest BCUT2D eigenvalue weighted by molar-refractivity contribution is -0.116. The van der Waals surface area contributed by atoms with E-state index in [-0.39, 0.29) is 23.9 Å².